The summed E-state index contributed by atoms with van der Waals surface area (Å²) in [4.78, 5) is 0.0541. The zero-order chi connectivity index (χ0) is 15.2. The summed E-state index contributed by atoms with van der Waals surface area (Å²) in [5, 5.41) is 0. The Bertz CT molecular complexity index is 507. The van der Waals surface area contributed by atoms with Gasteiger partial charge in [0, 0.05) is 6.42 Å². The first-order chi connectivity index (χ1) is 9.21. The molecule has 0 saturated carbocycles. The third-order valence-electron chi connectivity index (χ3n) is 2.65. The quantitative estimate of drug-likeness (QED) is 0.568. The molecule has 1 aromatic carbocycles. The maximum Gasteiger partial charge on any atom is 0.389 e. The molecule has 0 amide bonds. The number of hydrogen-bond acceptors (Lipinski definition) is 3. The molecule has 0 N–H and O–H groups in total. The Morgan fingerprint density at radius 1 is 1.05 bits per heavy atom. The van der Waals surface area contributed by atoms with Crippen LogP contribution in [0.15, 0.2) is 29.2 Å². The number of hydrogen-bond donors (Lipinski definition) is 0. The molecule has 0 atom stereocenters. The van der Waals surface area contributed by atoms with Crippen molar-refractivity contribution in [2.45, 2.75) is 43.7 Å². The van der Waals surface area contributed by atoms with Crippen molar-refractivity contribution in [3.05, 3.63) is 29.8 Å². The van der Waals surface area contributed by atoms with Gasteiger partial charge < -0.3 is 0 Å². The van der Waals surface area contributed by atoms with Gasteiger partial charge in [-0.1, -0.05) is 24.1 Å². The van der Waals surface area contributed by atoms with Gasteiger partial charge in [0.05, 0.1) is 11.5 Å². The van der Waals surface area contributed by atoms with Gasteiger partial charge in [0.1, 0.15) is 0 Å². The predicted octanol–water partition coefficient (Wildman–Crippen LogP) is 3.82. The van der Waals surface area contributed by atoms with Crippen LogP contribution >= 0.6 is 0 Å². The fourth-order valence-corrected chi connectivity index (χ4v) is 2.49. The van der Waals surface area contributed by atoms with Gasteiger partial charge in [0.25, 0.3) is 10.1 Å². The third kappa shape index (κ3) is 6.38. The fourth-order valence-electron chi connectivity index (χ4n) is 1.55. The van der Waals surface area contributed by atoms with Crippen molar-refractivity contribution in [2.24, 2.45) is 0 Å². The van der Waals surface area contributed by atoms with E-state index in [9.17, 15) is 21.6 Å². The van der Waals surface area contributed by atoms with Gasteiger partial charge in [0.2, 0.25) is 0 Å². The van der Waals surface area contributed by atoms with E-state index in [0.29, 0.717) is 0 Å². The monoisotopic (exact) mass is 310 g/mol. The minimum atomic E-state index is -4.16. The highest BCUT2D eigenvalue weighted by Crippen LogP contribution is 2.22. The first-order valence-corrected chi connectivity index (χ1v) is 7.64. The summed E-state index contributed by atoms with van der Waals surface area (Å²) in [6.45, 7) is 1.73. The first kappa shape index (κ1) is 17.0. The van der Waals surface area contributed by atoms with Crippen molar-refractivity contribution in [2.75, 3.05) is 6.61 Å². The molecule has 0 fully saturated rings. The summed E-state index contributed by atoms with van der Waals surface area (Å²) in [5.41, 5.74) is 0.927. The normalized spacial score (nSPS) is 12.6. The zero-order valence-electron chi connectivity index (χ0n) is 11.1. The van der Waals surface area contributed by atoms with Crippen LogP contribution in [0.25, 0.3) is 0 Å². The van der Waals surface area contributed by atoms with E-state index in [0.717, 1.165) is 5.56 Å². The van der Waals surface area contributed by atoms with Crippen LogP contribution in [0.4, 0.5) is 13.2 Å². The van der Waals surface area contributed by atoms with Crippen LogP contribution < -0.4 is 0 Å². The van der Waals surface area contributed by atoms with Gasteiger partial charge in [-0.2, -0.15) is 21.6 Å². The largest absolute Gasteiger partial charge is 0.389 e. The molecule has 7 heteroatoms. The average Bonchev–Trinajstić information content (AvgIpc) is 2.33. The molecule has 20 heavy (non-hydrogen) atoms. The van der Waals surface area contributed by atoms with Crippen LogP contribution in [0.5, 0.6) is 0 Å². The van der Waals surface area contributed by atoms with Crippen LogP contribution in [0.1, 0.15) is 31.2 Å². The Morgan fingerprint density at radius 2 is 1.65 bits per heavy atom. The SMILES string of the molecule is Cc1ccc(S(=O)(=O)OCCCCCC(F)(F)F)cc1. The van der Waals surface area contributed by atoms with Gasteiger partial charge in [-0.3, -0.25) is 4.18 Å². The zero-order valence-corrected chi connectivity index (χ0v) is 11.9. The van der Waals surface area contributed by atoms with Crippen molar-refractivity contribution in [1.29, 1.82) is 0 Å². The second-order valence-corrected chi connectivity index (χ2v) is 6.13. The van der Waals surface area contributed by atoms with E-state index in [1.54, 1.807) is 12.1 Å². The Kier molecular flexibility index (Phi) is 6.01. The molecule has 114 valence electrons. The molecule has 0 aliphatic heterocycles. The molecule has 0 aliphatic carbocycles. The summed E-state index contributed by atoms with van der Waals surface area (Å²) in [6.07, 6.45) is -4.46. The molecular weight excluding hydrogens is 293 g/mol. The molecule has 0 spiro atoms. The van der Waals surface area contributed by atoms with Crippen molar-refractivity contribution in [3.8, 4) is 0 Å². The smallest absolute Gasteiger partial charge is 0.266 e. The van der Waals surface area contributed by atoms with Gasteiger partial charge in [-0.05, 0) is 31.9 Å². The predicted molar refractivity (Wildman–Crippen MR) is 68.8 cm³/mol. The third-order valence-corrected chi connectivity index (χ3v) is 3.98. The highest BCUT2D eigenvalue weighted by atomic mass is 32.2. The van der Waals surface area contributed by atoms with Crippen LogP contribution in [0.2, 0.25) is 0 Å². The fraction of sp³-hybridized carbons (Fsp3) is 0.538. The highest BCUT2D eigenvalue weighted by molar-refractivity contribution is 7.86. The number of alkyl halides is 3. The minimum Gasteiger partial charge on any atom is -0.266 e. The summed E-state index contributed by atoms with van der Waals surface area (Å²) in [6, 6.07) is 6.18. The Labute approximate surface area is 116 Å². The highest BCUT2D eigenvalue weighted by Gasteiger charge is 2.25. The van der Waals surface area contributed by atoms with Crippen molar-refractivity contribution in [3.63, 3.8) is 0 Å². The molecule has 0 aromatic heterocycles. The van der Waals surface area contributed by atoms with Crippen LogP contribution in [0.3, 0.4) is 0 Å². The molecule has 0 aliphatic rings. The molecule has 0 bridgehead atoms. The molecule has 0 radical (unpaired) electrons. The maximum absolute atomic E-state index is 11.9. The number of unbranched alkanes of at least 4 members (excludes halogenated alkanes) is 2. The van der Waals surface area contributed by atoms with E-state index in [1.807, 2.05) is 6.92 Å². The average molecular weight is 310 g/mol. The van der Waals surface area contributed by atoms with Gasteiger partial charge in [-0.25, -0.2) is 0 Å². The second kappa shape index (κ2) is 7.08. The summed E-state index contributed by atoms with van der Waals surface area (Å²) < 4.78 is 63.9. The van der Waals surface area contributed by atoms with E-state index in [-0.39, 0.29) is 30.8 Å². The molecule has 1 rings (SSSR count). The Balaban J connectivity index is 2.32. The van der Waals surface area contributed by atoms with Crippen molar-refractivity contribution in [1.82, 2.24) is 0 Å². The number of aryl methyl sites for hydroxylation is 1. The maximum atomic E-state index is 11.9. The van der Waals surface area contributed by atoms with Gasteiger partial charge >= 0.3 is 6.18 Å². The van der Waals surface area contributed by atoms with Crippen LogP contribution in [0, 0.1) is 6.92 Å². The summed E-state index contributed by atoms with van der Waals surface area (Å²) in [5.74, 6) is 0. The minimum absolute atomic E-state index is 0.0164. The second-order valence-electron chi connectivity index (χ2n) is 4.51. The first-order valence-electron chi connectivity index (χ1n) is 6.23. The molecule has 3 nitrogen and oxygen atoms in total. The van der Waals surface area contributed by atoms with Crippen LogP contribution in [-0.4, -0.2) is 21.2 Å². The lowest BCUT2D eigenvalue weighted by molar-refractivity contribution is -0.135. The number of benzene rings is 1. The summed E-state index contributed by atoms with van der Waals surface area (Å²) in [7, 11) is -3.81. The van der Waals surface area contributed by atoms with Crippen LogP contribution in [-0.2, 0) is 14.3 Å². The molecule has 0 unspecified atom stereocenters. The lowest BCUT2D eigenvalue weighted by Gasteiger charge is -2.07. The Morgan fingerprint density at radius 3 is 2.20 bits per heavy atom. The van der Waals surface area contributed by atoms with Gasteiger partial charge in [-0.15, -0.1) is 0 Å². The van der Waals surface area contributed by atoms with Gasteiger partial charge in [0.15, 0.2) is 0 Å². The van der Waals surface area contributed by atoms with Crippen molar-refractivity contribution < 1.29 is 25.8 Å². The molecule has 1 aromatic rings. The van der Waals surface area contributed by atoms with E-state index in [4.69, 9.17) is 4.18 Å². The van der Waals surface area contributed by atoms with E-state index >= 15 is 0 Å². The lowest BCUT2D eigenvalue weighted by atomic mass is 10.2. The Hall–Kier alpha value is -1.08. The van der Waals surface area contributed by atoms with E-state index in [1.165, 1.54) is 12.1 Å². The summed E-state index contributed by atoms with van der Waals surface area (Å²) >= 11 is 0. The van der Waals surface area contributed by atoms with E-state index < -0.39 is 22.7 Å². The number of halogens is 3. The topological polar surface area (TPSA) is 43.4 Å². The lowest BCUT2D eigenvalue weighted by Crippen LogP contribution is -2.09. The molecule has 0 saturated heterocycles. The van der Waals surface area contributed by atoms with Crippen molar-refractivity contribution >= 4 is 10.1 Å². The standard InChI is InChI=1S/C13H17F3O3S/c1-11-5-7-12(8-6-11)20(17,18)19-10-4-2-3-9-13(14,15)16/h5-8H,2-4,9-10H2,1H3. The van der Waals surface area contributed by atoms with E-state index in [2.05, 4.69) is 0 Å². The molecular formula is C13H17F3O3S. The number of rotatable bonds is 7. The molecule has 0 heterocycles.